The number of morpholine rings is 1. The molecule has 3 rings (SSSR count). The number of carbonyl (C=O) groups excluding carboxylic acids is 1. The topological polar surface area (TPSA) is 66.7 Å². The minimum absolute atomic E-state index is 0.0575. The minimum atomic E-state index is -0.523. The molecule has 0 bridgehead atoms. The van der Waals surface area contributed by atoms with E-state index in [-0.39, 0.29) is 17.9 Å². The van der Waals surface area contributed by atoms with Gasteiger partial charge in [0.2, 0.25) is 0 Å². The van der Waals surface area contributed by atoms with Gasteiger partial charge in [0.1, 0.15) is 17.3 Å². The molecule has 1 aliphatic rings. The zero-order valence-corrected chi connectivity index (χ0v) is 17.3. The van der Waals surface area contributed by atoms with E-state index in [1.807, 2.05) is 32.9 Å². The number of furan rings is 1. The van der Waals surface area contributed by atoms with Crippen LogP contribution in [0.25, 0.3) is 0 Å². The van der Waals surface area contributed by atoms with E-state index in [1.165, 1.54) is 6.07 Å². The van der Waals surface area contributed by atoms with Crippen LogP contribution in [0.3, 0.4) is 0 Å². The molecule has 0 radical (unpaired) electrons. The summed E-state index contributed by atoms with van der Waals surface area (Å²) >= 11 is 0. The van der Waals surface area contributed by atoms with Gasteiger partial charge in [0, 0.05) is 31.6 Å². The molecule has 1 saturated heterocycles. The number of amides is 2. The summed E-state index contributed by atoms with van der Waals surface area (Å²) in [7, 11) is 0. The quantitative estimate of drug-likeness (QED) is 0.744. The number of hydrogen-bond acceptors (Lipinski definition) is 4. The Morgan fingerprint density at radius 1 is 1.17 bits per heavy atom. The molecule has 29 heavy (non-hydrogen) atoms. The van der Waals surface area contributed by atoms with Crippen LogP contribution in [0.1, 0.15) is 37.0 Å². The van der Waals surface area contributed by atoms with Gasteiger partial charge in [0.05, 0.1) is 19.3 Å². The fourth-order valence-corrected chi connectivity index (χ4v) is 3.59. The van der Waals surface area contributed by atoms with Crippen LogP contribution in [0.4, 0.5) is 9.18 Å². The van der Waals surface area contributed by atoms with Gasteiger partial charge in [-0.05, 0) is 30.7 Å². The lowest BCUT2D eigenvalue weighted by atomic mass is 9.84. The molecule has 0 spiro atoms. The number of nitrogens with zero attached hydrogens (tertiary/aromatic N) is 1. The van der Waals surface area contributed by atoms with Crippen LogP contribution in [-0.2, 0) is 10.2 Å². The van der Waals surface area contributed by atoms with Crippen molar-refractivity contribution in [3.05, 3.63) is 59.3 Å². The van der Waals surface area contributed by atoms with E-state index in [9.17, 15) is 9.18 Å². The van der Waals surface area contributed by atoms with E-state index in [2.05, 4.69) is 15.5 Å². The molecule has 1 aromatic carbocycles. The lowest BCUT2D eigenvalue weighted by Crippen LogP contribution is -2.47. The average molecular weight is 403 g/mol. The molecule has 1 aromatic heterocycles. The van der Waals surface area contributed by atoms with Crippen LogP contribution in [0.2, 0.25) is 0 Å². The number of halogens is 1. The third kappa shape index (κ3) is 5.58. The van der Waals surface area contributed by atoms with Gasteiger partial charge in [0.15, 0.2) is 0 Å². The highest BCUT2D eigenvalue weighted by atomic mass is 19.1. The first kappa shape index (κ1) is 21.3. The van der Waals surface area contributed by atoms with Crippen molar-refractivity contribution >= 4 is 6.03 Å². The molecular formula is C22H30FN3O3. The summed E-state index contributed by atoms with van der Waals surface area (Å²) in [5, 5.41) is 5.81. The third-order valence-electron chi connectivity index (χ3n) is 5.33. The van der Waals surface area contributed by atoms with Crippen molar-refractivity contribution < 1.29 is 18.3 Å². The number of rotatable bonds is 7. The molecule has 2 N–H and O–H groups in total. The molecule has 2 amide bonds. The van der Waals surface area contributed by atoms with Gasteiger partial charge in [0.25, 0.3) is 0 Å². The van der Waals surface area contributed by atoms with E-state index in [0.29, 0.717) is 31.9 Å². The van der Waals surface area contributed by atoms with Crippen molar-refractivity contribution in [1.29, 1.82) is 0 Å². The van der Waals surface area contributed by atoms with Crippen molar-refractivity contribution in [2.45, 2.75) is 32.2 Å². The molecular weight excluding hydrogens is 373 g/mol. The molecule has 1 unspecified atom stereocenters. The maximum atomic E-state index is 14.1. The second-order valence-corrected chi connectivity index (χ2v) is 8.04. The molecule has 2 heterocycles. The first-order valence-electron chi connectivity index (χ1n) is 10.0. The van der Waals surface area contributed by atoms with Crippen LogP contribution < -0.4 is 10.6 Å². The largest absolute Gasteiger partial charge is 0.465 e. The summed E-state index contributed by atoms with van der Waals surface area (Å²) in [5.41, 5.74) is 0.0577. The summed E-state index contributed by atoms with van der Waals surface area (Å²) in [6, 6.07) is 10.2. The third-order valence-corrected chi connectivity index (χ3v) is 5.33. The summed E-state index contributed by atoms with van der Waals surface area (Å²) < 4.78 is 25.4. The molecule has 6 nitrogen and oxygen atoms in total. The average Bonchev–Trinajstić information content (AvgIpc) is 3.14. The van der Waals surface area contributed by atoms with Crippen LogP contribution in [-0.4, -0.2) is 50.3 Å². The van der Waals surface area contributed by atoms with Crippen molar-refractivity contribution in [3.8, 4) is 0 Å². The van der Waals surface area contributed by atoms with Gasteiger partial charge in [-0.1, -0.05) is 32.0 Å². The fraction of sp³-hybridized carbons (Fsp3) is 0.500. The molecule has 1 fully saturated rings. The Kier molecular flexibility index (Phi) is 6.92. The Labute approximate surface area is 171 Å². The van der Waals surface area contributed by atoms with Crippen molar-refractivity contribution in [1.82, 2.24) is 15.5 Å². The van der Waals surface area contributed by atoms with Crippen molar-refractivity contribution in [2.75, 3.05) is 39.4 Å². The molecule has 0 saturated carbocycles. The standard InChI is InChI=1S/C22H30FN3O3/c1-16-8-9-20(29-16)19(26-10-12-28-13-11-26)14-24-21(27)25-15-22(2,3)17-6-4-5-7-18(17)23/h4-9,19H,10-15H2,1-3H3,(H2,24,25,27). The lowest BCUT2D eigenvalue weighted by Gasteiger charge is -2.33. The highest BCUT2D eigenvalue weighted by molar-refractivity contribution is 5.74. The second-order valence-electron chi connectivity index (χ2n) is 8.04. The Morgan fingerprint density at radius 2 is 1.90 bits per heavy atom. The molecule has 158 valence electrons. The maximum Gasteiger partial charge on any atom is 0.314 e. The molecule has 0 aliphatic carbocycles. The summed E-state index contributed by atoms with van der Waals surface area (Å²) in [4.78, 5) is 14.7. The van der Waals surface area contributed by atoms with Gasteiger partial charge in [-0.2, -0.15) is 0 Å². The number of urea groups is 1. The number of hydrogen-bond donors (Lipinski definition) is 2. The number of carbonyl (C=O) groups is 1. The molecule has 1 atom stereocenters. The second kappa shape index (κ2) is 9.41. The lowest BCUT2D eigenvalue weighted by molar-refractivity contribution is 0.0121. The van der Waals surface area contributed by atoms with E-state index < -0.39 is 5.41 Å². The van der Waals surface area contributed by atoms with Gasteiger partial charge in [-0.15, -0.1) is 0 Å². The van der Waals surface area contributed by atoms with Crippen LogP contribution in [0, 0.1) is 12.7 Å². The van der Waals surface area contributed by atoms with Gasteiger partial charge >= 0.3 is 6.03 Å². The van der Waals surface area contributed by atoms with Crippen molar-refractivity contribution in [2.24, 2.45) is 0 Å². The molecule has 1 aliphatic heterocycles. The smallest absolute Gasteiger partial charge is 0.314 e. The Bertz CT molecular complexity index is 815. The summed E-state index contributed by atoms with van der Waals surface area (Å²) in [6.45, 7) is 9.37. The van der Waals surface area contributed by atoms with Gasteiger partial charge < -0.3 is 19.8 Å². The normalized spacial score (nSPS) is 16.4. The first-order chi connectivity index (χ1) is 13.9. The van der Waals surface area contributed by atoms with Crippen molar-refractivity contribution in [3.63, 3.8) is 0 Å². The van der Waals surface area contributed by atoms with E-state index in [4.69, 9.17) is 9.15 Å². The van der Waals surface area contributed by atoms with Crippen LogP contribution in [0.15, 0.2) is 40.8 Å². The predicted molar refractivity (Wildman–Crippen MR) is 109 cm³/mol. The highest BCUT2D eigenvalue weighted by Crippen LogP contribution is 2.25. The Morgan fingerprint density at radius 3 is 2.55 bits per heavy atom. The highest BCUT2D eigenvalue weighted by Gasteiger charge is 2.27. The number of aryl methyl sites for hydroxylation is 1. The number of nitrogens with one attached hydrogen (secondary N) is 2. The Balaban J connectivity index is 1.58. The summed E-state index contributed by atoms with van der Waals surface area (Å²) in [5.74, 6) is 1.41. The fourth-order valence-electron chi connectivity index (χ4n) is 3.59. The van der Waals surface area contributed by atoms with Gasteiger partial charge in [-0.25, -0.2) is 9.18 Å². The SMILES string of the molecule is Cc1ccc(C(CNC(=O)NCC(C)(C)c2ccccc2F)N2CCOCC2)o1. The molecule has 7 heteroatoms. The first-order valence-corrected chi connectivity index (χ1v) is 10.0. The van der Waals surface area contributed by atoms with Gasteiger partial charge in [-0.3, -0.25) is 4.90 Å². The van der Waals surface area contributed by atoms with Crippen LogP contribution in [0.5, 0.6) is 0 Å². The zero-order chi connectivity index (χ0) is 20.9. The van der Waals surface area contributed by atoms with E-state index >= 15 is 0 Å². The van der Waals surface area contributed by atoms with Crippen LogP contribution >= 0.6 is 0 Å². The number of ether oxygens (including phenoxy) is 1. The predicted octanol–water partition coefficient (Wildman–Crippen LogP) is 3.38. The monoisotopic (exact) mass is 403 g/mol. The molecule has 2 aromatic rings. The van der Waals surface area contributed by atoms with E-state index in [1.54, 1.807) is 18.2 Å². The minimum Gasteiger partial charge on any atom is -0.465 e. The maximum absolute atomic E-state index is 14.1. The van der Waals surface area contributed by atoms with E-state index in [0.717, 1.165) is 24.6 Å². The zero-order valence-electron chi connectivity index (χ0n) is 17.3. The summed E-state index contributed by atoms with van der Waals surface area (Å²) in [6.07, 6.45) is 0. The number of benzene rings is 1. The Hall–Kier alpha value is -2.38.